The fraction of sp³-hybridized carbons (Fsp3) is 0.577. The molecule has 198 valence electrons. The number of hydrogen-bond acceptors (Lipinski definition) is 7. The molecule has 1 aromatic heterocycles. The summed E-state index contributed by atoms with van der Waals surface area (Å²) in [5, 5.41) is 8.99. The molecule has 37 heavy (non-hydrogen) atoms. The molecule has 2 aromatic rings. The third kappa shape index (κ3) is 5.13. The van der Waals surface area contributed by atoms with Gasteiger partial charge in [-0.25, -0.2) is 13.4 Å². The second kappa shape index (κ2) is 9.15. The Kier molecular flexibility index (Phi) is 6.37. The molecule has 0 amide bonds. The van der Waals surface area contributed by atoms with E-state index < -0.39 is 44.4 Å². The SMILES string of the molecule is CS(=O)(=O)C1CN(c2ccc(-c3nc(C(F)(F)F)oc3[C@@H]3CCCC[C@H]3C(=O)CC3(C#N)CC3)cc2)C1. The van der Waals surface area contributed by atoms with Crippen LogP contribution in [0.5, 0.6) is 0 Å². The second-order valence-corrected chi connectivity index (χ2v) is 13.0. The van der Waals surface area contributed by atoms with E-state index in [1.54, 1.807) is 24.3 Å². The zero-order valence-electron chi connectivity index (χ0n) is 20.4. The Morgan fingerprint density at radius 3 is 2.41 bits per heavy atom. The molecule has 0 N–H and O–H groups in total. The summed E-state index contributed by atoms with van der Waals surface area (Å²) >= 11 is 0. The van der Waals surface area contributed by atoms with Crippen molar-refractivity contribution in [2.24, 2.45) is 11.3 Å². The first-order valence-electron chi connectivity index (χ1n) is 12.5. The summed E-state index contributed by atoms with van der Waals surface area (Å²) in [6.45, 7) is 0.726. The number of aromatic nitrogens is 1. The Hall–Kier alpha value is -2.87. The van der Waals surface area contributed by atoms with Crippen molar-refractivity contribution >= 4 is 21.3 Å². The first-order chi connectivity index (χ1) is 17.4. The van der Waals surface area contributed by atoms with E-state index in [4.69, 9.17) is 4.42 Å². The number of carbonyl (C=O) groups excluding carboxylic acids is 1. The maximum atomic E-state index is 13.6. The van der Waals surface area contributed by atoms with E-state index in [2.05, 4.69) is 11.1 Å². The minimum Gasteiger partial charge on any atom is -0.437 e. The van der Waals surface area contributed by atoms with Gasteiger partial charge in [-0.3, -0.25) is 4.79 Å². The fourth-order valence-electron chi connectivity index (χ4n) is 5.43. The van der Waals surface area contributed by atoms with E-state index in [1.165, 1.54) is 6.26 Å². The molecule has 1 aromatic carbocycles. The fourth-order valence-corrected chi connectivity index (χ4v) is 6.34. The number of nitrogens with zero attached hydrogens (tertiary/aromatic N) is 3. The van der Waals surface area contributed by atoms with Crippen molar-refractivity contribution in [2.45, 2.75) is 62.3 Å². The van der Waals surface area contributed by atoms with Crippen LogP contribution in [-0.4, -0.2) is 43.8 Å². The monoisotopic (exact) mass is 535 g/mol. The Morgan fingerprint density at radius 2 is 1.84 bits per heavy atom. The number of oxazole rings is 1. The summed E-state index contributed by atoms with van der Waals surface area (Å²) in [5.41, 5.74) is 0.651. The van der Waals surface area contributed by atoms with E-state index in [9.17, 15) is 31.6 Å². The van der Waals surface area contributed by atoms with Crippen LogP contribution in [0.25, 0.3) is 11.3 Å². The summed E-state index contributed by atoms with van der Waals surface area (Å²) < 4.78 is 69.7. The topological polar surface area (TPSA) is 104 Å². The number of rotatable bonds is 7. The maximum Gasteiger partial charge on any atom is 0.468 e. The summed E-state index contributed by atoms with van der Waals surface area (Å²) in [6, 6.07) is 8.99. The Labute approximate surface area is 213 Å². The van der Waals surface area contributed by atoms with Gasteiger partial charge in [-0.1, -0.05) is 25.0 Å². The predicted octanol–water partition coefficient (Wildman–Crippen LogP) is 5.13. The number of carbonyl (C=O) groups is 1. The average Bonchev–Trinajstić information content (AvgIpc) is 3.42. The van der Waals surface area contributed by atoms with Crippen molar-refractivity contribution < 1.29 is 30.8 Å². The van der Waals surface area contributed by atoms with Gasteiger partial charge in [0.2, 0.25) is 0 Å². The smallest absolute Gasteiger partial charge is 0.437 e. The van der Waals surface area contributed by atoms with Gasteiger partial charge in [0.1, 0.15) is 17.2 Å². The lowest BCUT2D eigenvalue weighted by Crippen LogP contribution is -2.54. The summed E-state index contributed by atoms with van der Waals surface area (Å²) in [6.07, 6.45) is 0.499. The van der Waals surface area contributed by atoms with Gasteiger partial charge in [-0.15, -0.1) is 0 Å². The second-order valence-electron chi connectivity index (χ2n) is 10.7. The van der Waals surface area contributed by atoms with Crippen LogP contribution in [0.2, 0.25) is 0 Å². The first kappa shape index (κ1) is 25.8. The van der Waals surface area contributed by atoms with Gasteiger partial charge in [0, 0.05) is 48.9 Å². The van der Waals surface area contributed by atoms with Crippen LogP contribution in [0.1, 0.15) is 62.5 Å². The normalized spacial score (nSPS) is 23.8. The van der Waals surface area contributed by atoms with Crippen LogP contribution < -0.4 is 4.90 Å². The number of hydrogen-bond donors (Lipinski definition) is 0. The molecule has 0 spiro atoms. The van der Waals surface area contributed by atoms with Gasteiger partial charge in [0.25, 0.3) is 0 Å². The van der Waals surface area contributed by atoms with Gasteiger partial charge in [0.15, 0.2) is 9.84 Å². The molecule has 2 saturated carbocycles. The molecule has 0 radical (unpaired) electrons. The Morgan fingerprint density at radius 1 is 1.19 bits per heavy atom. The van der Waals surface area contributed by atoms with Crippen molar-refractivity contribution in [1.82, 2.24) is 4.98 Å². The number of anilines is 1. The number of benzene rings is 1. The summed E-state index contributed by atoms with van der Waals surface area (Å²) in [7, 11) is -3.13. The van der Waals surface area contributed by atoms with Crippen LogP contribution in [0.4, 0.5) is 18.9 Å². The summed E-state index contributed by atoms with van der Waals surface area (Å²) in [5.74, 6) is -2.41. The third-order valence-electron chi connectivity index (χ3n) is 7.97. The van der Waals surface area contributed by atoms with Gasteiger partial charge < -0.3 is 9.32 Å². The lowest BCUT2D eigenvalue weighted by Gasteiger charge is -2.39. The molecule has 1 saturated heterocycles. The number of halogens is 3. The van der Waals surface area contributed by atoms with Crippen molar-refractivity contribution in [2.75, 3.05) is 24.2 Å². The molecule has 2 heterocycles. The molecule has 7 nitrogen and oxygen atoms in total. The Balaban J connectivity index is 1.44. The van der Waals surface area contributed by atoms with Gasteiger partial charge in [-0.2, -0.15) is 18.4 Å². The predicted molar refractivity (Wildman–Crippen MR) is 129 cm³/mol. The van der Waals surface area contributed by atoms with Crippen molar-refractivity contribution in [3.63, 3.8) is 0 Å². The lowest BCUT2D eigenvalue weighted by atomic mass is 9.73. The minimum atomic E-state index is -4.78. The number of nitriles is 1. The molecule has 0 bridgehead atoms. The number of sulfone groups is 1. The largest absolute Gasteiger partial charge is 0.468 e. The highest BCUT2D eigenvalue weighted by molar-refractivity contribution is 7.91. The van der Waals surface area contributed by atoms with E-state index >= 15 is 0 Å². The molecule has 1 aliphatic heterocycles. The minimum absolute atomic E-state index is 0.0704. The quantitative estimate of drug-likeness (QED) is 0.484. The number of ketones is 1. The third-order valence-corrected chi connectivity index (χ3v) is 9.48. The van der Waals surface area contributed by atoms with Crippen LogP contribution in [0, 0.1) is 22.7 Å². The van der Waals surface area contributed by atoms with Gasteiger partial charge in [-0.05, 0) is 37.8 Å². The maximum absolute atomic E-state index is 13.6. The Bertz CT molecular complexity index is 1330. The standard InChI is InChI=1S/C26H28F3N3O4S/c1-37(34,35)18-13-32(14-18)17-8-6-16(7-9-17)22-23(36-24(31-22)26(27,28)29)20-5-3-2-4-19(20)21(33)12-25(15-30)10-11-25/h6-9,18-20H,2-5,10-14H2,1H3/t19-,20-/m1/s1. The summed E-state index contributed by atoms with van der Waals surface area (Å²) in [4.78, 5) is 18.9. The van der Waals surface area contributed by atoms with Crippen molar-refractivity contribution in [3.8, 4) is 17.3 Å². The molecular weight excluding hydrogens is 507 g/mol. The van der Waals surface area contributed by atoms with Crippen LogP contribution in [-0.2, 0) is 20.8 Å². The molecule has 0 unspecified atom stereocenters. The van der Waals surface area contributed by atoms with E-state index in [0.717, 1.165) is 18.5 Å². The molecule has 2 aliphatic carbocycles. The van der Waals surface area contributed by atoms with Crippen LogP contribution in [0.15, 0.2) is 28.7 Å². The molecule has 3 fully saturated rings. The van der Waals surface area contributed by atoms with E-state index in [0.29, 0.717) is 44.3 Å². The number of alkyl halides is 3. The highest BCUT2D eigenvalue weighted by Gasteiger charge is 2.48. The van der Waals surface area contributed by atoms with Gasteiger partial charge in [0.05, 0.1) is 16.7 Å². The number of Topliss-reactive ketones (excluding diaryl/α,β-unsaturated/α-hetero) is 1. The van der Waals surface area contributed by atoms with Crippen LogP contribution >= 0.6 is 0 Å². The molecule has 2 atom stereocenters. The molecule has 3 aliphatic rings. The van der Waals surface area contributed by atoms with E-state index in [-0.39, 0.29) is 23.7 Å². The highest BCUT2D eigenvalue weighted by atomic mass is 32.2. The highest BCUT2D eigenvalue weighted by Crippen LogP contribution is 2.51. The van der Waals surface area contributed by atoms with Gasteiger partial charge >= 0.3 is 12.1 Å². The van der Waals surface area contributed by atoms with E-state index in [1.807, 2.05) is 4.90 Å². The molecule has 5 rings (SSSR count). The zero-order valence-corrected chi connectivity index (χ0v) is 21.2. The van der Waals surface area contributed by atoms with Crippen molar-refractivity contribution in [3.05, 3.63) is 35.9 Å². The van der Waals surface area contributed by atoms with Crippen LogP contribution in [0.3, 0.4) is 0 Å². The molecule has 11 heteroatoms. The van der Waals surface area contributed by atoms with Crippen molar-refractivity contribution in [1.29, 1.82) is 5.26 Å². The first-order valence-corrected chi connectivity index (χ1v) is 14.4. The lowest BCUT2D eigenvalue weighted by molar-refractivity contribution is -0.157. The molecular formula is C26H28F3N3O4S. The average molecular weight is 536 g/mol. The zero-order chi connectivity index (χ0) is 26.6.